The zero-order valence-electron chi connectivity index (χ0n) is 6.43. The topological polar surface area (TPSA) is 52.9 Å². The number of carbonyl (C=O) groups is 1. The molecule has 1 N–H and O–H groups in total. The van der Waals surface area contributed by atoms with E-state index < -0.39 is 0 Å². The van der Waals surface area contributed by atoms with Crippen molar-refractivity contribution in [2.75, 3.05) is 6.54 Å². The molecule has 62 valence electrons. The second-order valence-corrected chi connectivity index (χ2v) is 3.18. The van der Waals surface area contributed by atoms with Gasteiger partial charge in [-0.15, -0.1) is 0 Å². The molecule has 11 heavy (non-hydrogen) atoms. The van der Waals surface area contributed by atoms with Gasteiger partial charge in [-0.25, -0.2) is 0 Å². The summed E-state index contributed by atoms with van der Waals surface area (Å²) in [7, 11) is 0. The van der Waals surface area contributed by atoms with Crippen LogP contribution >= 0.6 is 15.9 Å². The van der Waals surface area contributed by atoms with Crippen LogP contribution in [0.3, 0.4) is 0 Å². The van der Waals surface area contributed by atoms with Crippen molar-refractivity contribution in [3.8, 4) is 6.07 Å². The molecular weight excluding hydrogens is 208 g/mol. The Morgan fingerprint density at radius 2 is 2.45 bits per heavy atom. The number of carbonyl (C=O) groups excluding carboxylic acids is 1. The molecular formula is C7H11BrN2O. The largest absolute Gasteiger partial charge is 0.354 e. The number of hydrogen-bond acceptors (Lipinski definition) is 2. The molecule has 0 aliphatic heterocycles. The average Bonchev–Trinajstić information content (AvgIpc) is 2.03. The summed E-state index contributed by atoms with van der Waals surface area (Å²) >= 11 is 3.20. The molecule has 0 aliphatic carbocycles. The van der Waals surface area contributed by atoms with Crippen LogP contribution in [0.5, 0.6) is 0 Å². The number of nitrogens with one attached hydrogen (secondary N) is 1. The third kappa shape index (κ3) is 4.79. The Bertz CT molecular complexity index is 164. The van der Waals surface area contributed by atoms with E-state index in [1.807, 2.05) is 13.0 Å². The molecule has 0 aliphatic rings. The van der Waals surface area contributed by atoms with Gasteiger partial charge in [-0.2, -0.15) is 5.26 Å². The Morgan fingerprint density at radius 3 is 2.91 bits per heavy atom. The van der Waals surface area contributed by atoms with Crippen LogP contribution in [-0.2, 0) is 4.79 Å². The maximum Gasteiger partial charge on any atom is 0.233 e. The molecule has 0 saturated carbocycles. The van der Waals surface area contributed by atoms with Gasteiger partial charge in [0.2, 0.25) is 5.91 Å². The minimum absolute atomic E-state index is 0.0391. The normalized spacial score (nSPS) is 11.7. The molecule has 1 amide bonds. The lowest BCUT2D eigenvalue weighted by atomic mass is 10.3. The average molecular weight is 219 g/mol. The fourth-order valence-electron chi connectivity index (χ4n) is 0.538. The fourth-order valence-corrected chi connectivity index (χ4v) is 0.700. The first-order valence-corrected chi connectivity index (χ1v) is 4.42. The highest BCUT2D eigenvalue weighted by Gasteiger charge is 2.10. The van der Waals surface area contributed by atoms with Crippen molar-refractivity contribution in [2.45, 2.75) is 24.6 Å². The van der Waals surface area contributed by atoms with Crippen LogP contribution in [0.2, 0.25) is 0 Å². The third-order valence-electron chi connectivity index (χ3n) is 1.18. The van der Waals surface area contributed by atoms with E-state index in [0.717, 1.165) is 6.42 Å². The van der Waals surface area contributed by atoms with E-state index in [-0.39, 0.29) is 10.7 Å². The molecule has 0 saturated heterocycles. The quantitative estimate of drug-likeness (QED) is 0.570. The Labute approximate surface area is 74.9 Å². The zero-order chi connectivity index (χ0) is 8.69. The molecule has 0 fully saturated rings. The van der Waals surface area contributed by atoms with E-state index >= 15 is 0 Å². The van der Waals surface area contributed by atoms with Crippen LogP contribution in [0.4, 0.5) is 0 Å². The Kier molecular flexibility index (Phi) is 5.86. The number of rotatable bonds is 4. The van der Waals surface area contributed by atoms with Crippen molar-refractivity contribution in [1.29, 1.82) is 5.26 Å². The number of nitriles is 1. The van der Waals surface area contributed by atoms with Gasteiger partial charge in [0.1, 0.15) is 0 Å². The van der Waals surface area contributed by atoms with Crippen molar-refractivity contribution in [2.24, 2.45) is 0 Å². The summed E-state index contributed by atoms with van der Waals surface area (Å²) in [5.41, 5.74) is 0. The zero-order valence-corrected chi connectivity index (χ0v) is 8.02. The van der Waals surface area contributed by atoms with E-state index in [2.05, 4.69) is 21.2 Å². The van der Waals surface area contributed by atoms with Gasteiger partial charge in [0.15, 0.2) is 0 Å². The SMILES string of the molecule is CCC(Br)C(=O)NCCC#N. The molecule has 0 spiro atoms. The first kappa shape index (κ1) is 10.4. The lowest BCUT2D eigenvalue weighted by Gasteiger charge is -2.05. The Hall–Kier alpha value is -0.560. The van der Waals surface area contributed by atoms with Crippen LogP contribution in [0.1, 0.15) is 19.8 Å². The lowest BCUT2D eigenvalue weighted by molar-refractivity contribution is -0.120. The Morgan fingerprint density at radius 1 is 1.82 bits per heavy atom. The highest BCUT2D eigenvalue weighted by atomic mass is 79.9. The number of nitrogens with zero attached hydrogens (tertiary/aromatic N) is 1. The van der Waals surface area contributed by atoms with Crippen molar-refractivity contribution in [3.63, 3.8) is 0 Å². The maximum atomic E-state index is 11.0. The summed E-state index contributed by atoms with van der Waals surface area (Å²) in [4.78, 5) is 10.9. The van der Waals surface area contributed by atoms with Gasteiger partial charge < -0.3 is 5.32 Å². The summed E-state index contributed by atoms with van der Waals surface area (Å²) in [5, 5.41) is 10.8. The van der Waals surface area contributed by atoms with Crippen LogP contribution in [0.15, 0.2) is 0 Å². The summed E-state index contributed by atoms with van der Waals surface area (Å²) < 4.78 is 0. The van der Waals surface area contributed by atoms with E-state index in [0.29, 0.717) is 13.0 Å². The minimum Gasteiger partial charge on any atom is -0.354 e. The van der Waals surface area contributed by atoms with Gasteiger partial charge >= 0.3 is 0 Å². The van der Waals surface area contributed by atoms with E-state index in [4.69, 9.17) is 5.26 Å². The minimum atomic E-state index is -0.124. The van der Waals surface area contributed by atoms with Gasteiger partial charge in [0, 0.05) is 6.54 Å². The van der Waals surface area contributed by atoms with E-state index in [9.17, 15) is 4.79 Å². The molecule has 0 heterocycles. The van der Waals surface area contributed by atoms with E-state index in [1.54, 1.807) is 0 Å². The molecule has 0 radical (unpaired) electrons. The summed E-state index contributed by atoms with van der Waals surface area (Å²) in [5.74, 6) is -0.0391. The number of hydrogen-bond donors (Lipinski definition) is 1. The second kappa shape index (κ2) is 6.17. The van der Waals surface area contributed by atoms with Gasteiger partial charge in [0.25, 0.3) is 0 Å². The summed E-state index contributed by atoms with van der Waals surface area (Å²) in [6.07, 6.45) is 1.13. The van der Waals surface area contributed by atoms with Gasteiger partial charge in [-0.3, -0.25) is 4.79 Å². The molecule has 1 atom stereocenters. The highest BCUT2D eigenvalue weighted by Crippen LogP contribution is 2.03. The van der Waals surface area contributed by atoms with Crippen LogP contribution < -0.4 is 5.32 Å². The van der Waals surface area contributed by atoms with Crippen LogP contribution in [-0.4, -0.2) is 17.3 Å². The van der Waals surface area contributed by atoms with Gasteiger partial charge in [-0.1, -0.05) is 22.9 Å². The highest BCUT2D eigenvalue weighted by molar-refractivity contribution is 9.10. The number of halogens is 1. The molecule has 0 aromatic rings. The summed E-state index contributed by atoms with van der Waals surface area (Å²) in [6.45, 7) is 2.36. The van der Waals surface area contributed by atoms with Gasteiger partial charge in [-0.05, 0) is 6.42 Å². The van der Waals surface area contributed by atoms with Crippen molar-refractivity contribution in [1.82, 2.24) is 5.32 Å². The summed E-state index contributed by atoms with van der Waals surface area (Å²) in [6, 6.07) is 1.95. The van der Waals surface area contributed by atoms with Crippen LogP contribution in [0, 0.1) is 11.3 Å². The molecule has 0 rings (SSSR count). The first-order chi connectivity index (χ1) is 5.22. The third-order valence-corrected chi connectivity index (χ3v) is 2.24. The molecule has 0 aromatic heterocycles. The van der Waals surface area contributed by atoms with E-state index in [1.165, 1.54) is 0 Å². The second-order valence-electron chi connectivity index (χ2n) is 2.07. The monoisotopic (exact) mass is 218 g/mol. The molecule has 1 unspecified atom stereocenters. The molecule has 0 bridgehead atoms. The van der Waals surface area contributed by atoms with Crippen molar-refractivity contribution in [3.05, 3.63) is 0 Å². The molecule has 4 heteroatoms. The smallest absolute Gasteiger partial charge is 0.233 e. The first-order valence-electron chi connectivity index (χ1n) is 3.51. The maximum absolute atomic E-state index is 11.0. The number of alkyl halides is 1. The molecule has 0 aromatic carbocycles. The number of amides is 1. The Balaban J connectivity index is 3.46. The predicted octanol–water partition coefficient (Wildman–Crippen LogP) is 1.19. The standard InChI is InChI=1S/C7H11BrN2O/c1-2-6(8)7(11)10-5-3-4-9/h6H,2-3,5H2,1H3,(H,10,11). The molecule has 3 nitrogen and oxygen atoms in total. The van der Waals surface area contributed by atoms with Crippen molar-refractivity contribution >= 4 is 21.8 Å². The van der Waals surface area contributed by atoms with Crippen LogP contribution in [0.25, 0.3) is 0 Å². The predicted molar refractivity (Wildman–Crippen MR) is 46.2 cm³/mol. The van der Waals surface area contributed by atoms with Gasteiger partial charge in [0.05, 0.1) is 17.3 Å². The fraction of sp³-hybridized carbons (Fsp3) is 0.714. The van der Waals surface area contributed by atoms with Crippen molar-refractivity contribution < 1.29 is 4.79 Å². The lowest BCUT2D eigenvalue weighted by Crippen LogP contribution is -2.31.